The van der Waals surface area contributed by atoms with Crippen LogP contribution in [0.4, 0.5) is 0 Å². The molecule has 0 atom stereocenters. The van der Waals surface area contributed by atoms with Gasteiger partial charge in [0.25, 0.3) is 0 Å². The monoisotopic (exact) mass is 250 g/mol. The zero-order valence-electron chi connectivity index (χ0n) is 11.0. The van der Waals surface area contributed by atoms with E-state index in [0.29, 0.717) is 0 Å². The van der Waals surface area contributed by atoms with E-state index in [1.807, 2.05) is 18.5 Å². The van der Waals surface area contributed by atoms with Crippen LogP contribution in [0, 0.1) is 0 Å². The summed E-state index contributed by atoms with van der Waals surface area (Å²) >= 11 is 0. The van der Waals surface area contributed by atoms with Crippen molar-refractivity contribution < 1.29 is 9.47 Å². The van der Waals surface area contributed by atoms with Crippen LogP contribution in [-0.4, -0.2) is 45.0 Å². The molecule has 0 spiro atoms. The third-order valence-corrected chi connectivity index (χ3v) is 3.67. The van der Waals surface area contributed by atoms with Crippen molar-refractivity contribution in [3.05, 3.63) is 30.1 Å². The van der Waals surface area contributed by atoms with Crippen LogP contribution >= 0.6 is 0 Å². The topological polar surface area (TPSA) is 43.4 Å². The highest BCUT2D eigenvalue weighted by molar-refractivity contribution is 5.23. The standard InChI is InChI=1S/C14H22N2O2/c1-17-10-7-16-12-14(4-8-18-9-5-14)13-3-2-6-15-11-13/h2-3,6,11,16H,4-5,7-10,12H2,1H3. The van der Waals surface area contributed by atoms with Gasteiger partial charge >= 0.3 is 0 Å². The van der Waals surface area contributed by atoms with E-state index >= 15 is 0 Å². The van der Waals surface area contributed by atoms with Gasteiger partial charge in [-0.05, 0) is 24.5 Å². The minimum absolute atomic E-state index is 0.167. The Bertz CT molecular complexity index is 337. The number of aromatic nitrogens is 1. The molecule has 0 aromatic carbocycles. The number of nitrogens with one attached hydrogen (secondary N) is 1. The Morgan fingerprint density at radius 3 is 2.94 bits per heavy atom. The van der Waals surface area contributed by atoms with Crippen LogP contribution in [0.15, 0.2) is 24.5 Å². The highest BCUT2D eigenvalue weighted by Gasteiger charge is 2.34. The Kier molecular flexibility index (Phi) is 5.11. The van der Waals surface area contributed by atoms with Gasteiger partial charge in [0.05, 0.1) is 6.61 Å². The molecule has 1 N–H and O–H groups in total. The van der Waals surface area contributed by atoms with Gasteiger partial charge in [-0.15, -0.1) is 0 Å². The van der Waals surface area contributed by atoms with Crippen LogP contribution in [0.1, 0.15) is 18.4 Å². The summed E-state index contributed by atoms with van der Waals surface area (Å²) in [6.45, 7) is 4.27. The molecule has 0 amide bonds. The highest BCUT2D eigenvalue weighted by Crippen LogP contribution is 2.33. The van der Waals surface area contributed by atoms with Crippen molar-refractivity contribution in [2.24, 2.45) is 0 Å². The maximum atomic E-state index is 5.50. The van der Waals surface area contributed by atoms with Gasteiger partial charge in [0.2, 0.25) is 0 Å². The fourth-order valence-electron chi connectivity index (χ4n) is 2.51. The maximum Gasteiger partial charge on any atom is 0.0587 e. The summed E-state index contributed by atoms with van der Waals surface area (Å²) < 4.78 is 10.6. The summed E-state index contributed by atoms with van der Waals surface area (Å²) in [7, 11) is 1.73. The van der Waals surface area contributed by atoms with Gasteiger partial charge in [-0.2, -0.15) is 0 Å². The summed E-state index contributed by atoms with van der Waals surface area (Å²) in [5.41, 5.74) is 1.48. The van der Waals surface area contributed by atoms with Crippen molar-refractivity contribution in [3.8, 4) is 0 Å². The Morgan fingerprint density at radius 1 is 1.44 bits per heavy atom. The molecule has 4 heteroatoms. The van der Waals surface area contributed by atoms with E-state index < -0.39 is 0 Å². The average Bonchev–Trinajstić information content (AvgIpc) is 2.46. The molecule has 0 aliphatic carbocycles. The summed E-state index contributed by atoms with van der Waals surface area (Å²) in [4.78, 5) is 4.26. The number of hydrogen-bond acceptors (Lipinski definition) is 4. The Morgan fingerprint density at radius 2 is 2.28 bits per heavy atom. The largest absolute Gasteiger partial charge is 0.383 e. The minimum atomic E-state index is 0.167. The van der Waals surface area contributed by atoms with Crippen molar-refractivity contribution in [2.45, 2.75) is 18.3 Å². The number of methoxy groups -OCH3 is 1. The molecule has 100 valence electrons. The molecule has 2 rings (SSSR count). The summed E-state index contributed by atoms with van der Waals surface area (Å²) in [5, 5.41) is 3.49. The van der Waals surface area contributed by atoms with Crippen LogP contribution < -0.4 is 5.32 Å². The van der Waals surface area contributed by atoms with E-state index in [2.05, 4.69) is 16.4 Å². The Labute approximate surface area is 109 Å². The smallest absolute Gasteiger partial charge is 0.0587 e. The van der Waals surface area contributed by atoms with Gasteiger partial charge in [-0.25, -0.2) is 0 Å². The van der Waals surface area contributed by atoms with Crippen molar-refractivity contribution in [1.29, 1.82) is 0 Å². The molecule has 0 saturated carbocycles. The maximum absolute atomic E-state index is 5.50. The third kappa shape index (κ3) is 3.28. The molecular formula is C14H22N2O2. The molecule has 1 fully saturated rings. The lowest BCUT2D eigenvalue weighted by Gasteiger charge is -2.37. The number of nitrogens with zero attached hydrogens (tertiary/aromatic N) is 1. The second-order valence-corrected chi connectivity index (χ2v) is 4.80. The van der Waals surface area contributed by atoms with Crippen LogP contribution in [0.3, 0.4) is 0 Å². The zero-order chi connectivity index (χ0) is 12.7. The average molecular weight is 250 g/mol. The second kappa shape index (κ2) is 6.83. The first-order chi connectivity index (χ1) is 8.87. The fraction of sp³-hybridized carbons (Fsp3) is 0.643. The van der Waals surface area contributed by atoms with Gasteiger partial charge in [-0.3, -0.25) is 4.98 Å². The first-order valence-electron chi connectivity index (χ1n) is 6.55. The van der Waals surface area contributed by atoms with Crippen molar-refractivity contribution in [2.75, 3.05) is 40.0 Å². The summed E-state index contributed by atoms with van der Waals surface area (Å²) in [6, 6.07) is 4.19. The van der Waals surface area contributed by atoms with Crippen LogP contribution in [-0.2, 0) is 14.9 Å². The fourth-order valence-corrected chi connectivity index (χ4v) is 2.51. The normalized spacial score (nSPS) is 18.7. The summed E-state index contributed by atoms with van der Waals surface area (Å²) in [5.74, 6) is 0. The molecule has 0 radical (unpaired) electrons. The molecule has 18 heavy (non-hydrogen) atoms. The SMILES string of the molecule is COCCNCC1(c2cccnc2)CCOCC1. The number of rotatable bonds is 6. The van der Waals surface area contributed by atoms with Crippen molar-refractivity contribution >= 4 is 0 Å². The molecule has 1 aromatic rings. The molecule has 1 aromatic heterocycles. The van der Waals surface area contributed by atoms with E-state index in [4.69, 9.17) is 9.47 Å². The quantitative estimate of drug-likeness (QED) is 0.774. The van der Waals surface area contributed by atoms with E-state index in [0.717, 1.165) is 45.8 Å². The lowest BCUT2D eigenvalue weighted by Crippen LogP contribution is -2.43. The predicted octanol–water partition coefficient (Wildman–Crippen LogP) is 1.37. The molecule has 0 unspecified atom stereocenters. The molecule has 1 saturated heterocycles. The lowest BCUT2D eigenvalue weighted by atomic mass is 9.74. The van der Waals surface area contributed by atoms with Gasteiger partial charge in [-0.1, -0.05) is 6.07 Å². The second-order valence-electron chi connectivity index (χ2n) is 4.80. The Hall–Kier alpha value is -0.970. The third-order valence-electron chi connectivity index (χ3n) is 3.67. The predicted molar refractivity (Wildman–Crippen MR) is 70.7 cm³/mol. The number of hydrogen-bond donors (Lipinski definition) is 1. The van der Waals surface area contributed by atoms with Crippen LogP contribution in [0.2, 0.25) is 0 Å². The first kappa shape index (κ1) is 13.5. The molecular weight excluding hydrogens is 228 g/mol. The molecule has 0 bridgehead atoms. The van der Waals surface area contributed by atoms with E-state index in [1.165, 1.54) is 5.56 Å². The molecule has 1 aliphatic heterocycles. The molecule has 2 heterocycles. The summed E-state index contributed by atoms with van der Waals surface area (Å²) in [6.07, 6.45) is 5.93. The van der Waals surface area contributed by atoms with Gasteiger partial charge < -0.3 is 14.8 Å². The first-order valence-corrected chi connectivity index (χ1v) is 6.55. The van der Waals surface area contributed by atoms with Crippen molar-refractivity contribution in [1.82, 2.24) is 10.3 Å². The van der Waals surface area contributed by atoms with Crippen molar-refractivity contribution in [3.63, 3.8) is 0 Å². The lowest BCUT2D eigenvalue weighted by molar-refractivity contribution is 0.0491. The Balaban J connectivity index is 2.03. The van der Waals surface area contributed by atoms with E-state index in [1.54, 1.807) is 7.11 Å². The minimum Gasteiger partial charge on any atom is -0.383 e. The zero-order valence-corrected chi connectivity index (χ0v) is 11.0. The van der Waals surface area contributed by atoms with Gasteiger partial charge in [0.15, 0.2) is 0 Å². The van der Waals surface area contributed by atoms with Crippen LogP contribution in [0.25, 0.3) is 0 Å². The van der Waals surface area contributed by atoms with E-state index in [9.17, 15) is 0 Å². The van der Waals surface area contributed by atoms with Crippen LogP contribution in [0.5, 0.6) is 0 Å². The highest BCUT2D eigenvalue weighted by atomic mass is 16.5. The number of pyridine rings is 1. The van der Waals surface area contributed by atoms with E-state index in [-0.39, 0.29) is 5.41 Å². The van der Waals surface area contributed by atoms with Gasteiger partial charge in [0.1, 0.15) is 0 Å². The van der Waals surface area contributed by atoms with Gasteiger partial charge in [0, 0.05) is 51.2 Å². The molecule has 1 aliphatic rings. The number of ether oxygens (including phenoxy) is 2. The molecule has 4 nitrogen and oxygen atoms in total.